The first-order valence-corrected chi connectivity index (χ1v) is 13.4. The first-order chi connectivity index (χ1) is 17.7. The van der Waals surface area contributed by atoms with E-state index >= 15 is 0 Å². The van der Waals surface area contributed by atoms with Crippen LogP contribution >= 0.6 is 11.8 Å². The van der Waals surface area contributed by atoms with Crippen molar-refractivity contribution >= 4 is 29.3 Å². The summed E-state index contributed by atoms with van der Waals surface area (Å²) in [5.74, 6) is 1.62. The van der Waals surface area contributed by atoms with Crippen LogP contribution in [0.3, 0.4) is 0 Å². The summed E-state index contributed by atoms with van der Waals surface area (Å²) in [5.41, 5.74) is 4.43. The molecule has 37 heavy (non-hydrogen) atoms. The summed E-state index contributed by atoms with van der Waals surface area (Å²) in [6.45, 7) is 7.45. The summed E-state index contributed by atoms with van der Waals surface area (Å²) in [7, 11) is 3.19. The molecular formula is C30H32N2O4S. The van der Waals surface area contributed by atoms with E-state index in [1.165, 1.54) is 17.3 Å². The fourth-order valence-corrected chi connectivity index (χ4v) is 6.53. The highest BCUT2D eigenvalue weighted by atomic mass is 32.2. The number of carbonyl (C=O) groups is 2. The van der Waals surface area contributed by atoms with Gasteiger partial charge in [-0.15, -0.1) is 11.8 Å². The molecule has 192 valence electrons. The molecule has 5 rings (SSSR count). The lowest BCUT2D eigenvalue weighted by Gasteiger charge is -2.33. The molecule has 2 amide bonds. The zero-order chi connectivity index (χ0) is 26.4. The van der Waals surface area contributed by atoms with Crippen LogP contribution in [0.25, 0.3) is 0 Å². The van der Waals surface area contributed by atoms with Gasteiger partial charge in [-0.05, 0) is 52.9 Å². The van der Waals surface area contributed by atoms with Gasteiger partial charge in [-0.25, -0.2) is 0 Å². The summed E-state index contributed by atoms with van der Waals surface area (Å²) in [4.78, 5) is 30.6. The second kappa shape index (κ2) is 9.45. The van der Waals surface area contributed by atoms with Crippen LogP contribution < -0.4 is 14.4 Å². The summed E-state index contributed by atoms with van der Waals surface area (Å²) >= 11 is 1.51. The van der Waals surface area contributed by atoms with E-state index in [-0.39, 0.29) is 17.2 Å². The summed E-state index contributed by atoms with van der Waals surface area (Å²) in [6.07, 6.45) is 0. The number of hydrogen-bond donors (Lipinski definition) is 0. The van der Waals surface area contributed by atoms with Gasteiger partial charge in [0.1, 0.15) is 11.5 Å². The normalized spacial score (nSPS) is 18.9. The molecular weight excluding hydrogens is 484 g/mol. The van der Waals surface area contributed by atoms with Crippen LogP contribution in [0.1, 0.15) is 47.8 Å². The molecule has 2 heterocycles. The molecule has 6 nitrogen and oxygen atoms in total. The molecule has 2 aliphatic heterocycles. The lowest BCUT2D eigenvalue weighted by molar-refractivity contribution is -0.123. The number of anilines is 1. The van der Waals surface area contributed by atoms with Gasteiger partial charge >= 0.3 is 0 Å². The number of thioether (sulfide) groups is 1. The number of methoxy groups -OCH3 is 2. The molecule has 0 N–H and O–H groups in total. The molecule has 0 saturated carbocycles. The average molecular weight is 517 g/mol. The minimum absolute atomic E-state index is 0.0523. The Morgan fingerprint density at radius 2 is 1.68 bits per heavy atom. The fraction of sp³-hybridized carbons (Fsp3) is 0.333. The average Bonchev–Trinajstić information content (AvgIpc) is 3.44. The predicted octanol–water partition coefficient (Wildman–Crippen LogP) is 5.59. The number of fused-ring (bicyclic) bond motifs is 2. The Morgan fingerprint density at radius 3 is 2.35 bits per heavy atom. The number of nitrogens with zero attached hydrogens (tertiary/aromatic N) is 2. The van der Waals surface area contributed by atoms with Gasteiger partial charge in [-0.2, -0.15) is 0 Å². The lowest BCUT2D eigenvalue weighted by Crippen LogP contribution is -2.50. The molecule has 2 aliphatic rings. The van der Waals surface area contributed by atoms with Crippen molar-refractivity contribution in [3.8, 4) is 11.5 Å². The van der Waals surface area contributed by atoms with Crippen molar-refractivity contribution in [3.05, 3.63) is 89.0 Å². The Bertz CT molecular complexity index is 1350. The third-order valence-corrected chi connectivity index (χ3v) is 8.54. The van der Waals surface area contributed by atoms with E-state index in [0.29, 0.717) is 35.9 Å². The zero-order valence-electron chi connectivity index (χ0n) is 21.9. The Balaban J connectivity index is 1.55. The van der Waals surface area contributed by atoms with Crippen LogP contribution in [0.5, 0.6) is 11.5 Å². The highest BCUT2D eigenvalue weighted by Crippen LogP contribution is 2.55. The number of carbonyl (C=O) groups excluding carboxylic acids is 2. The lowest BCUT2D eigenvalue weighted by atomic mass is 9.87. The Hall–Kier alpha value is -3.45. The van der Waals surface area contributed by atoms with Crippen molar-refractivity contribution in [2.24, 2.45) is 0 Å². The number of ether oxygens (including phenoxy) is 2. The minimum Gasteiger partial charge on any atom is -0.497 e. The molecule has 7 heteroatoms. The quantitative estimate of drug-likeness (QED) is 0.443. The third kappa shape index (κ3) is 4.25. The van der Waals surface area contributed by atoms with Gasteiger partial charge in [-0.1, -0.05) is 51.1 Å². The van der Waals surface area contributed by atoms with Gasteiger partial charge in [0, 0.05) is 23.4 Å². The molecule has 1 saturated heterocycles. The Morgan fingerprint density at radius 1 is 0.973 bits per heavy atom. The van der Waals surface area contributed by atoms with Gasteiger partial charge in [0.2, 0.25) is 0 Å². The maximum absolute atomic E-state index is 14.3. The molecule has 0 aromatic heterocycles. The third-order valence-electron chi connectivity index (χ3n) is 7.12. The highest BCUT2D eigenvalue weighted by molar-refractivity contribution is 8.01. The van der Waals surface area contributed by atoms with Crippen LogP contribution in [-0.4, -0.2) is 43.2 Å². The molecule has 3 aromatic carbocycles. The van der Waals surface area contributed by atoms with Crippen molar-refractivity contribution in [2.45, 2.75) is 37.6 Å². The number of rotatable bonds is 5. The standard InChI is InChI=1S/C30H32N2O4S/c1-29(2,3)22-11-9-20(10-12-22)19-31-26-14-13-24(36-5)18-25(26)30(28(31)34)32(15-16-37-30)27(33)21-7-6-8-23(17-21)35-4/h6-14,17-18H,15-16,19H2,1-5H3/t30-/m1/s1. The topological polar surface area (TPSA) is 59.1 Å². The molecule has 1 atom stereocenters. The van der Waals surface area contributed by atoms with E-state index in [4.69, 9.17) is 9.47 Å². The fourth-order valence-electron chi connectivity index (χ4n) is 5.08. The van der Waals surface area contributed by atoms with Crippen LogP contribution in [0.4, 0.5) is 5.69 Å². The van der Waals surface area contributed by atoms with Gasteiger partial charge < -0.3 is 19.3 Å². The van der Waals surface area contributed by atoms with E-state index in [9.17, 15) is 9.59 Å². The molecule has 0 bridgehead atoms. The second-order valence-corrected chi connectivity index (χ2v) is 11.7. The van der Waals surface area contributed by atoms with E-state index in [1.54, 1.807) is 43.4 Å². The van der Waals surface area contributed by atoms with Gasteiger partial charge in [0.05, 0.1) is 26.5 Å². The summed E-state index contributed by atoms with van der Waals surface area (Å²) in [6, 6.07) is 21.2. The Kier molecular flexibility index (Phi) is 6.44. The molecule has 0 aliphatic carbocycles. The largest absolute Gasteiger partial charge is 0.497 e. The van der Waals surface area contributed by atoms with Gasteiger partial charge in [-0.3, -0.25) is 9.59 Å². The number of amides is 2. The predicted molar refractivity (Wildman–Crippen MR) is 147 cm³/mol. The zero-order valence-corrected chi connectivity index (χ0v) is 22.7. The van der Waals surface area contributed by atoms with Gasteiger partial charge in [0.15, 0.2) is 4.87 Å². The highest BCUT2D eigenvalue weighted by Gasteiger charge is 2.59. The molecule has 1 spiro atoms. The van der Waals surface area contributed by atoms with Crippen molar-refractivity contribution in [2.75, 3.05) is 31.4 Å². The van der Waals surface area contributed by atoms with Crippen molar-refractivity contribution < 1.29 is 19.1 Å². The van der Waals surface area contributed by atoms with Crippen molar-refractivity contribution in [3.63, 3.8) is 0 Å². The van der Waals surface area contributed by atoms with E-state index in [0.717, 1.165) is 16.8 Å². The van der Waals surface area contributed by atoms with E-state index in [2.05, 4.69) is 45.0 Å². The first-order valence-electron chi connectivity index (χ1n) is 12.4. The number of benzene rings is 3. The summed E-state index contributed by atoms with van der Waals surface area (Å²) in [5, 5.41) is 0. The SMILES string of the molecule is COc1cccc(C(=O)N2CCS[C@]23C(=O)N(Cc2ccc(C(C)(C)C)cc2)c2ccc(OC)cc23)c1. The second-order valence-electron chi connectivity index (χ2n) is 10.4. The van der Waals surface area contributed by atoms with E-state index in [1.807, 2.05) is 23.1 Å². The minimum atomic E-state index is -1.14. The van der Waals surface area contributed by atoms with Crippen molar-refractivity contribution in [1.82, 2.24) is 4.90 Å². The van der Waals surface area contributed by atoms with E-state index < -0.39 is 4.87 Å². The monoisotopic (exact) mass is 516 g/mol. The van der Waals surface area contributed by atoms with Crippen LogP contribution in [-0.2, 0) is 21.6 Å². The first kappa shape index (κ1) is 25.2. The molecule has 1 fully saturated rings. The molecule has 0 radical (unpaired) electrons. The summed E-state index contributed by atoms with van der Waals surface area (Å²) < 4.78 is 10.9. The maximum Gasteiger partial charge on any atom is 0.268 e. The van der Waals surface area contributed by atoms with Crippen LogP contribution in [0.15, 0.2) is 66.7 Å². The Labute approximate surface area is 222 Å². The van der Waals surface area contributed by atoms with Crippen LogP contribution in [0.2, 0.25) is 0 Å². The molecule has 0 unspecified atom stereocenters. The molecule has 3 aromatic rings. The van der Waals surface area contributed by atoms with Gasteiger partial charge in [0.25, 0.3) is 11.8 Å². The maximum atomic E-state index is 14.3. The number of hydrogen-bond acceptors (Lipinski definition) is 5. The van der Waals surface area contributed by atoms with Crippen molar-refractivity contribution in [1.29, 1.82) is 0 Å². The van der Waals surface area contributed by atoms with Crippen LogP contribution in [0, 0.1) is 0 Å². The smallest absolute Gasteiger partial charge is 0.268 e.